The molecule has 2 aromatic rings. The highest BCUT2D eigenvalue weighted by atomic mass is 32.1. The molecular weight excluding hydrogens is 262 g/mol. The first-order valence-electron chi connectivity index (χ1n) is 5.84. The lowest BCUT2D eigenvalue weighted by Crippen LogP contribution is -2.37. The van der Waals surface area contributed by atoms with E-state index in [0.717, 1.165) is 4.88 Å². The Labute approximate surface area is 115 Å². The van der Waals surface area contributed by atoms with Crippen LogP contribution in [-0.2, 0) is 10.4 Å². The standard InChI is InChI=1S/C14H15NO3S/c1-14(17,12-5-3-9-19-12)10-15-13(16)7-6-11-4-2-8-18-11/h2-9,17H,10H2,1H3,(H,15,16). The minimum absolute atomic E-state index is 0.162. The Morgan fingerprint density at radius 3 is 3.00 bits per heavy atom. The third-order valence-corrected chi connectivity index (χ3v) is 3.72. The van der Waals surface area contributed by atoms with Gasteiger partial charge >= 0.3 is 0 Å². The summed E-state index contributed by atoms with van der Waals surface area (Å²) in [7, 11) is 0. The van der Waals surface area contributed by atoms with Crippen molar-refractivity contribution >= 4 is 23.3 Å². The van der Waals surface area contributed by atoms with Crippen LogP contribution in [-0.4, -0.2) is 17.6 Å². The molecule has 0 fully saturated rings. The zero-order valence-corrected chi connectivity index (χ0v) is 11.3. The average molecular weight is 277 g/mol. The second-order valence-corrected chi connectivity index (χ2v) is 5.27. The fourth-order valence-electron chi connectivity index (χ4n) is 1.53. The SMILES string of the molecule is CC(O)(CNC(=O)C=Cc1ccco1)c1cccs1. The van der Waals surface area contributed by atoms with Gasteiger partial charge in [-0.15, -0.1) is 11.3 Å². The number of amides is 1. The Hall–Kier alpha value is -1.85. The summed E-state index contributed by atoms with van der Waals surface area (Å²) in [5.74, 6) is 0.341. The zero-order chi connectivity index (χ0) is 13.7. The predicted octanol–water partition coefficient (Wildman–Crippen LogP) is 2.38. The van der Waals surface area contributed by atoms with E-state index in [0.29, 0.717) is 5.76 Å². The van der Waals surface area contributed by atoms with Gasteiger partial charge in [0, 0.05) is 11.0 Å². The van der Waals surface area contributed by atoms with Crippen molar-refractivity contribution in [1.29, 1.82) is 0 Å². The molecule has 0 saturated carbocycles. The number of rotatable bonds is 5. The molecule has 0 aliphatic carbocycles. The van der Waals surface area contributed by atoms with Crippen LogP contribution >= 0.6 is 11.3 Å². The van der Waals surface area contributed by atoms with Gasteiger partial charge in [0.1, 0.15) is 11.4 Å². The van der Waals surface area contributed by atoms with Gasteiger partial charge in [-0.2, -0.15) is 0 Å². The van der Waals surface area contributed by atoms with E-state index in [1.54, 1.807) is 31.4 Å². The summed E-state index contributed by atoms with van der Waals surface area (Å²) in [4.78, 5) is 12.4. The van der Waals surface area contributed by atoms with Gasteiger partial charge in [0.25, 0.3) is 0 Å². The number of hydrogen-bond acceptors (Lipinski definition) is 4. The minimum atomic E-state index is -1.05. The maximum Gasteiger partial charge on any atom is 0.244 e. The Morgan fingerprint density at radius 2 is 2.37 bits per heavy atom. The maximum absolute atomic E-state index is 11.6. The van der Waals surface area contributed by atoms with Crippen LogP contribution < -0.4 is 5.32 Å². The number of hydrogen-bond donors (Lipinski definition) is 2. The molecule has 5 heteroatoms. The molecule has 1 unspecified atom stereocenters. The summed E-state index contributed by atoms with van der Waals surface area (Å²) in [6.45, 7) is 1.84. The first kappa shape index (κ1) is 13.6. The van der Waals surface area contributed by atoms with E-state index in [9.17, 15) is 9.90 Å². The van der Waals surface area contributed by atoms with Crippen LogP contribution in [0.4, 0.5) is 0 Å². The van der Waals surface area contributed by atoms with E-state index in [1.807, 2.05) is 17.5 Å². The van der Waals surface area contributed by atoms with Crippen molar-refractivity contribution in [2.45, 2.75) is 12.5 Å². The molecule has 0 spiro atoms. The number of thiophene rings is 1. The van der Waals surface area contributed by atoms with Gasteiger partial charge in [0.2, 0.25) is 5.91 Å². The summed E-state index contributed by atoms with van der Waals surface area (Å²) >= 11 is 1.46. The molecular formula is C14H15NO3S. The van der Waals surface area contributed by atoms with Crippen LogP contribution in [0.15, 0.2) is 46.4 Å². The third kappa shape index (κ3) is 3.81. The predicted molar refractivity (Wildman–Crippen MR) is 74.6 cm³/mol. The van der Waals surface area contributed by atoms with Crippen molar-refractivity contribution in [1.82, 2.24) is 5.32 Å². The summed E-state index contributed by atoms with van der Waals surface area (Å²) in [6, 6.07) is 7.22. The lowest BCUT2D eigenvalue weighted by Gasteiger charge is -2.21. The highest BCUT2D eigenvalue weighted by Crippen LogP contribution is 2.24. The molecule has 19 heavy (non-hydrogen) atoms. The Morgan fingerprint density at radius 1 is 1.53 bits per heavy atom. The normalized spacial score (nSPS) is 14.4. The van der Waals surface area contributed by atoms with Crippen molar-refractivity contribution < 1.29 is 14.3 Å². The number of carbonyl (C=O) groups is 1. The van der Waals surface area contributed by atoms with Crippen molar-refractivity contribution in [2.24, 2.45) is 0 Å². The highest BCUT2D eigenvalue weighted by molar-refractivity contribution is 7.10. The van der Waals surface area contributed by atoms with E-state index < -0.39 is 5.60 Å². The summed E-state index contributed by atoms with van der Waals surface area (Å²) < 4.78 is 5.07. The summed E-state index contributed by atoms with van der Waals surface area (Å²) in [5.41, 5.74) is -1.05. The molecule has 1 atom stereocenters. The van der Waals surface area contributed by atoms with Gasteiger partial charge in [-0.05, 0) is 36.6 Å². The number of aliphatic hydroxyl groups is 1. The van der Waals surface area contributed by atoms with Crippen molar-refractivity contribution in [3.8, 4) is 0 Å². The van der Waals surface area contributed by atoms with Crippen molar-refractivity contribution in [2.75, 3.05) is 6.54 Å². The molecule has 1 amide bonds. The highest BCUT2D eigenvalue weighted by Gasteiger charge is 2.24. The molecule has 2 aromatic heterocycles. The number of nitrogens with one attached hydrogen (secondary N) is 1. The van der Waals surface area contributed by atoms with Gasteiger partial charge < -0.3 is 14.8 Å². The quantitative estimate of drug-likeness (QED) is 0.825. The second-order valence-electron chi connectivity index (χ2n) is 4.32. The summed E-state index contributed by atoms with van der Waals surface area (Å²) in [6.07, 6.45) is 4.50. The Kier molecular flexibility index (Phi) is 4.19. The lowest BCUT2D eigenvalue weighted by atomic mass is 10.1. The van der Waals surface area contributed by atoms with Crippen LogP contribution in [0.25, 0.3) is 6.08 Å². The monoisotopic (exact) mass is 277 g/mol. The van der Waals surface area contributed by atoms with E-state index >= 15 is 0 Å². The molecule has 0 saturated heterocycles. The average Bonchev–Trinajstić information content (AvgIpc) is 3.06. The maximum atomic E-state index is 11.6. The first-order chi connectivity index (χ1) is 9.08. The number of furan rings is 1. The zero-order valence-electron chi connectivity index (χ0n) is 10.5. The molecule has 0 aliphatic heterocycles. The topological polar surface area (TPSA) is 62.5 Å². The number of carbonyl (C=O) groups excluding carboxylic acids is 1. The Bertz CT molecular complexity index is 541. The lowest BCUT2D eigenvalue weighted by molar-refractivity contribution is -0.117. The van der Waals surface area contributed by atoms with Gasteiger partial charge in [0.05, 0.1) is 12.8 Å². The Balaban J connectivity index is 1.87. The third-order valence-electron chi connectivity index (χ3n) is 2.60. The first-order valence-corrected chi connectivity index (χ1v) is 6.72. The van der Waals surface area contributed by atoms with Gasteiger partial charge in [0.15, 0.2) is 0 Å². The molecule has 4 nitrogen and oxygen atoms in total. The second kappa shape index (κ2) is 5.86. The van der Waals surface area contributed by atoms with Gasteiger partial charge in [-0.1, -0.05) is 6.07 Å². The van der Waals surface area contributed by atoms with E-state index in [-0.39, 0.29) is 12.5 Å². The molecule has 0 aliphatic rings. The van der Waals surface area contributed by atoms with E-state index in [1.165, 1.54) is 17.4 Å². The van der Waals surface area contributed by atoms with E-state index in [4.69, 9.17) is 4.42 Å². The molecule has 100 valence electrons. The molecule has 0 aromatic carbocycles. The van der Waals surface area contributed by atoms with Crippen LogP contribution in [0.5, 0.6) is 0 Å². The fourth-order valence-corrected chi connectivity index (χ4v) is 2.32. The molecule has 2 rings (SSSR count). The minimum Gasteiger partial charge on any atom is -0.465 e. The molecule has 2 heterocycles. The molecule has 2 N–H and O–H groups in total. The van der Waals surface area contributed by atoms with E-state index in [2.05, 4.69) is 5.32 Å². The van der Waals surface area contributed by atoms with Gasteiger partial charge in [-0.3, -0.25) is 4.79 Å². The summed E-state index contributed by atoms with van der Waals surface area (Å²) in [5, 5.41) is 14.8. The molecule has 0 radical (unpaired) electrons. The van der Waals surface area contributed by atoms with Crippen molar-refractivity contribution in [3.63, 3.8) is 0 Å². The smallest absolute Gasteiger partial charge is 0.244 e. The van der Waals surface area contributed by atoms with Crippen LogP contribution in [0, 0.1) is 0 Å². The van der Waals surface area contributed by atoms with Gasteiger partial charge in [-0.25, -0.2) is 0 Å². The van der Waals surface area contributed by atoms with Crippen LogP contribution in [0.1, 0.15) is 17.6 Å². The fraction of sp³-hybridized carbons (Fsp3) is 0.214. The van der Waals surface area contributed by atoms with Crippen molar-refractivity contribution in [3.05, 3.63) is 52.6 Å². The largest absolute Gasteiger partial charge is 0.465 e. The van der Waals surface area contributed by atoms with Crippen LogP contribution in [0.3, 0.4) is 0 Å². The molecule has 0 bridgehead atoms. The van der Waals surface area contributed by atoms with Crippen LogP contribution in [0.2, 0.25) is 0 Å².